The molecule has 5 rings (SSSR count). The molecule has 5 aromatic rings. The molecule has 44 heavy (non-hydrogen) atoms. The number of benzene rings is 1. The molecule has 0 aliphatic rings. The van der Waals surface area contributed by atoms with Gasteiger partial charge in [0.25, 0.3) is 0 Å². The van der Waals surface area contributed by atoms with Crippen LogP contribution in [0.25, 0.3) is 21.6 Å². The van der Waals surface area contributed by atoms with Crippen LogP contribution in [0.4, 0.5) is 0 Å². The second kappa shape index (κ2) is 17.7. The first-order valence-electron chi connectivity index (χ1n) is 13.1. The SMILES string of the molecule is C.C.CC(C)NS(=O)(=O)c1cccs1.CC(C)Oc1nc2ccccc2nc1-c1cccs1.CC(C)S(=O)(=O)c1cccs1. The minimum absolute atomic E-state index is 0. The number of nitrogens with zero attached hydrogens (tertiary/aromatic N) is 2. The zero-order valence-corrected chi connectivity index (χ0v) is 28.3. The molecule has 0 radical (unpaired) electrons. The standard InChI is InChI=1S/C15H14N2OS.C7H11NO2S2.C7H10O2S2.2CH4/c1-10(2)18-15-14(13-8-5-9-19-13)16-11-6-3-4-7-12(11)17-15;1-6(2)8-12(9,10)7-4-3-5-11-7;1-6(2)11(8,9)7-4-3-5-10-7;;/h3-10H,1-2H3;3-6,8H,1-2H3;3-6H,1-2H3;2*1H4. The van der Waals surface area contributed by atoms with Crippen molar-refractivity contribution in [2.24, 2.45) is 0 Å². The summed E-state index contributed by atoms with van der Waals surface area (Å²) in [5.41, 5.74) is 2.57. The van der Waals surface area contributed by atoms with Crippen molar-refractivity contribution in [2.75, 3.05) is 0 Å². The van der Waals surface area contributed by atoms with Crippen LogP contribution in [-0.4, -0.2) is 44.2 Å². The summed E-state index contributed by atoms with van der Waals surface area (Å²) >= 11 is 4.13. The Balaban J connectivity index is 0.000000341. The largest absolute Gasteiger partial charge is 0.473 e. The summed E-state index contributed by atoms with van der Waals surface area (Å²) in [5, 5.41) is 5.23. The number of fused-ring (bicyclic) bond motifs is 1. The average molecular weight is 698 g/mol. The molecule has 0 saturated heterocycles. The molecular weight excluding hydrogens is 655 g/mol. The predicted octanol–water partition coefficient (Wildman–Crippen LogP) is 8.78. The van der Waals surface area contributed by atoms with Gasteiger partial charge in [-0.3, -0.25) is 0 Å². The molecule has 4 aromatic heterocycles. The lowest BCUT2D eigenvalue weighted by atomic mass is 10.2. The fraction of sp³-hybridized carbons (Fsp3) is 0.355. The lowest BCUT2D eigenvalue weighted by Crippen LogP contribution is -2.29. The second-order valence-corrected chi connectivity index (χ2v) is 17.3. The molecule has 0 atom stereocenters. The van der Waals surface area contributed by atoms with Crippen LogP contribution in [0.5, 0.6) is 5.88 Å². The molecule has 1 N–H and O–H groups in total. The topological polar surface area (TPSA) is 115 Å². The van der Waals surface area contributed by atoms with E-state index in [1.807, 2.05) is 55.6 Å². The maximum atomic E-state index is 11.4. The van der Waals surface area contributed by atoms with Crippen LogP contribution in [0.2, 0.25) is 0 Å². The van der Waals surface area contributed by atoms with Gasteiger partial charge in [-0.05, 0) is 88.0 Å². The lowest BCUT2D eigenvalue weighted by molar-refractivity contribution is 0.234. The van der Waals surface area contributed by atoms with Gasteiger partial charge in [0, 0.05) is 6.04 Å². The van der Waals surface area contributed by atoms with E-state index in [0.717, 1.165) is 21.6 Å². The van der Waals surface area contributed by atoms with Gasteiger partial charge in [0.2, 0.25) is 15.9 Å². The van der Waals surface area contributed by atoms with Gasteiger partial charge in [-0.15, -0.1) is 34.0 Å². The van der Waals surface area contributed by atoms with Crippen molar-refractivity contribution in [3.8, 4) is 16.5 Å². The third-order valence-corrected chi connectivity index (χ3v) is 12.7. The molecule has 0 fully saturated rings. The number of sulfone groups is 1. The van der Waals surface area contributed by atoms with Crippen molar-refractivity contribution in [2.45, 2.75) is 82.2 Å². The summed E-state index contributed by atoms with van der Waals surface area (Å²) < 4.78 is 54.8. The van der Waals surface area contributed by atoms with Gasteiger partial charge in [0.1, 0.15) is 14.1 Å². The summed E-state index contributed by atoms with van der Waals surface area (Å²) in [5.74, 6) is 0.608. The highest BCUT2D eigenvalue weighted by molar-refractivity contribution is 7.94. The number of aromatic nitrogens is 2. The van der Waals surface area contributed by atoms with Gasteiger partial charge >= 0.3 is 0 Å². The van der Waals surface area contributed by atoms with Crippen molar-refractivity contribution in [1.29, 1.82) is 0 Å². The van der Waals surface area contributed by atoms with Crippen LogP contribution in [0.3, 0.4) is 0 Å². The molecule has 0 spiro atoms. The molecule has 0 aliphatic carbocycles. The van der Waals surface area contributed by atoms with E-state index in [1.165, 1.54) is 22.7 Å². The first-order valence-corrected chi connectivity index (χ1v) is 18.8. The second-order valence-electron chi connectivity index (χ2n) is 9.74. The molecule has 0 unspecified atom stereocenters. The maximum absolute atomic E-state index is 11.4. The van der Waals surface area contributed by atoms with Crippen molar-refractivity contribution >= 4 is 64.9 Å². The quantitative estimate of drug-likeness (QED) is 0.172. The van der Waals surface area contributed by atoms with Crippen LogP contribution in [0.1, 0.15) is 56.4 Å². The molecule has 0 bridgehead atoms. The highest BCUT2D eigenvalue weighted by Crippen LogP contribution is 2.32. The minimum Gasteiger partial charge on any atom is -0.473 e. The van der Waals surface area contributed by atoms with Gasteiger partial charge in [-0.2, -0.15) is 0 Å². The van der Waals surface area contributed by atoms with E-state index in [4.69, 9.17) is 9.72 Å². The van der Waals surface area contributed by atoms with Crippen LogP contribution in [0, 0.1) is 0 Å². The van der Waals surface area contributed by atoms with E-state index in [2.05, 4.69) is 9.71 Å². The van der Waals surface area contributed by atoms with Crippen LogP contribution in [-0.2, 0) is 19.9 Å². The molecule has 8 nitrogen and oxygen atoms in total. The van der Waals surface area contributed by atoms with E-state index in [-0.39, 0.29) is 32.2 Å². The molecule has 4 heterocycles. The van der Waals surface area contributed by atoms with Gasteiger partial charge in [0.05, 0.1) is 27.3 Å². The first kappa shape index (κ1) is 39.3. The summed E-state index contributed by atoms with van der Waals surface area (Å²) in [6, 6.07) is 18.5. The number of ether oxygens (including phenoxy) is 1. The fourth-order valence-electron chi connectivity index (χ4n) is 3.31. The summed E-state index contributed by atoms with van der Waals surface area (Å²) in [6.45, 7) is 11.0. The van der Waals surface area contributed by atoms with E-state index in [0.29, 0.717) is 14.3 Å². The Hall–Kier alpha value is -2.68. The number of sulfonamides is 1. The highest BCUT2D eigenvalue weighted by Gasteiger charge is 2.19. The Labute approximate surface area is 275 Å². The van der Waals surface area contributed by atoms with Gasteiger partial charge < -0.3 is 4.74 Å². The van der Waals surface area contributed by atoms with Gasteiger partial charge in [0.15, 0.2) is 9.84 Å². The summed E-state index contributed by atoms with van der Waals surface area (Å²) in [7, 11) is -6.26. The van der Waals surface area contributed by atoms with Gasteiger partial charge in [-0.25, -0.2) is 31.5 Å². The number of nitrogens with one attached hydrogen (secondary N) is 1. The third-order valence-electron chi connectivity index (χ3n) is 5.19. The molecule has 0 saturated carbocycles. The Morgan fingerprint density at radius 3 is 1.66 bits per heavy atom. The minimum atomic E-state index is -3.25. The Bertz CT molecular complexity index is 1730. The van der Waals surface area contributed by atoms with Crippen molar-refractivity contribution < 1.29 is 21.6 Å². The molecular formula is C31H43N3O5S5. The Morgan fingerprint density at radius 1 is 0.682 bits per heavy atom. The normalized spacial score (nSPS) is 11.2. The smallest absolute Gasteiger partial charge is 0.250 e. The summed E-state index contributed by atoms with van der Waals surface area (Å²) in [4.78, 5) is 10.4. The average Bonchev–Trinajstić information content (AvgIpc) is 3.71. The van der Waals surface area contributed by atoms with Crippen LogP contribution in [0.15, 0.2) is 85.2 Å². The molecule has 0 aliphatic heterocycles. The van der Waals surface area contributed by atoms with Crippen molar-refractivity contribution in [3.05, 3.63) is 76.8 Å². The Morgan fingerprint density at radius 2 is 1.20 bits per heavy atom. The lowest BCUT2D eigenvalue weighted by Gasteiger charge is -2.12. The van der Waals surface area contributed by atoms with Crippen molar-refractivity contribution in [1.82, 2.24) is 14.7 Å². The monoisotopic (exact) mass is 697 g/mol. The van der Waals surface area contributed by atoms with E-state index >= 15 is 0 Å². The van der Waals surface area contributed by atoms with Gasteiger partial charge in [-0.1, -0.05) is 45.2 Å². The molecule has 13 heteroatoms. The predicted molar refractivity (Wildman–Crippen MR) is 188 cm³/mol. The fourth-order valence-corrected chi connectivity index (χ4v) is 8.73. The van der Waals surface area contributed by atoms with Crippen molar-refractivity contribution in [3.63, 3.8) is 0 Å². The number of hydrogen-bond acceptors (Lipinski definition) is 10. The zero-order valence-electron chi connectivity index (χ0n) is 24.2. The molecule has 242 valence electrons. The van der Waals surface area contributed by atoms with E-state index in [9.17, 15) is 16.8 Å². The zero-order chi connectivity index (χ0) is 30.9. The van der Waals surface area contributed by atoms with Crippen LogP contribution >= 0.6 is 34.0 Å². The van der Waals surface area contributed by atoms with E-state index < -0.39 is 19.9 Å². The molecule has 0 amide bonds. The number of rotatable bonds is 8. The molecule has 1 aromatic carbocycles. The third kappa shape index (κ3) is 11.0. The van der Waals surface area contributed by atoms with E-state index in [1.54, 1.807) is 74.1 Å². The number of hydrogen-bond donors (Lipinski definition) is 1. The Kier molecular flexibility index (Phi) is 15.8. The first-order chi connectivity index (χ1) is 19.8. The highest BCUT2D eigenvalue weighted by atomic mass is 32.2. The summed E-state index contributed by atoms with van der Waals surface area (Å²) in [6.07, 6.45) is 0.0779. The van der Waals surface area contributed by atoms with Crippen LogP contribution < -0.4 is 9.46 Å². The number of para-hydroxylation sites is 2. The number of thiophene rings is 3. The maximum Gasteiger partial charge on any atom is 0.250 e.